The van der Waals surface area contributed by atoms with Gasteiger partial charge in [-0.3, -0.25) is 9.78 Å². The van der Waals surface area contributed by atoms with E-state index in [4.69, 9.17) is 23.2 Å². The number of rotatable bonds is 5. The molecule has 2 N–H and O–H groups in total. The van der Waals surface area contributed by atoms with Crippen molar-refractivity contribution >= 4 is 46.2 Å². The molecule has 1 amide bonds. The summed E-state index contributed by atoms with van der Waals surface area (Å²) in [6.07, 6.45) is 3.05. The second-order valence-electron chi connectivity index (χ2n) is 5.53. The van der Waals surface area contributed by atoms with E-state index < -0.39 is 5.91 Å². The smallest absolute Gasteiger partial charge is 0.280 e. The number of azo groups is 1. The van der Waals surface area contributed by atoms with Gasteiger partial charge < -0.3 is 10.4 Å². The van der Waals surface area contributed by atoms with Crippen LogP contribution in [0.5, 0.6) is 0 Å². The molecule has 0 radical (unpaired) electrons. The van der Waals surface area contributed by atoms with Crippen LogP contribution in [-0.2, 0) is 4.79 Å². The summed E-state index contributed by atoms with van der Waals surface area (Å²) in [6.45, 7) is 0. The third kappa shape index (κ3) is 4.73. The Labute approximate surface area is 171 Å². The van der Waals surface area contributed by atoms with E-state index in [9.17, 15) is 9.90 Å². The Kier molecular flexibility index (Phi) is 6.37. The van der Waals surface area contributed by atoms with Gasteiger partial charge in [0.25, 0.3) is 5.91 Å². The van der Waals surface area contributed by atoms with Crippen molar-refractivity contribution < 1.29 is 9.90 Å². The maximum atomic E-state index is 12.7. The van der Waals surface area contributed by atoms with Gasteiger partial charge in [-0.25, -0.2) is 0 Å². The Hall–Kier alpha value is -3.22. The van der Waals surface area contributed by atoms with Crippen molar-refractivity contribution in [3.8, 4) is 0 Å². The molecule has 0 unspecified atom stereocenters. The Morgan fingerprint density at radius 3 is 2.32 bits per heavy atom. The summed E-state index contributed by atoms with van der Waals surface area (Å²) in [4.78, 5) is 16.7. The standard InChI is InChI=1S/C20H14Cl2N4O2/c21-15-9-4-10-16(22)17(15)25-26-18(19(27)13-6-2-1-3-7-13)20(28)24-14-8-5-11-23-12-14/h1-12,27H,(H,24,28)/b19-18-,26-25?. The van der Waals surface area contributed by atoms with Gasteiger partial charge in [0, 0.05) is 11.8 Å². The molecule has 0 saturated carbocycles. The lowest BCUT2D eigenvalue weighted by atomic mass is 10.1. The summed E-state index contributed by atoms with van der Waals surface area (Å²) in [7, 11) is 0. The average Bonchev–Trinajstić information content (AvgIpc) is 2.71. The number of carbonyl (C=O) groups is 1. The zero-order valence-electron chi connectivity index (χ0n) is 14.4. The SMILES string of the molecule is O=C(Nc1cccnc1)/C(N=Nc1c(Cl)cccc1Cl)=C(/O)c1ccccc1. The third-order valence-corrected chi connectivity index (χ3v) is 4.20. The van der Waals surface area contributed by atoms with E-state index >= 15 is 0 Å². The predicted octanol–water partition coefficient (Wildman–Crippen LogP) is 6.04. The molecule has 0 aliphatic heterocycles. The van der Waals surface area contributed by atoms with Crippen LogP contribution >= 0.6 is 23.2 Å². The van der Waals surface area contributed by atoms with Crippen molar-refractivity contribution in [1.82, 2.24) is 4.98 Å². The second kappa shape index (κ2) is 9.12. The summed E-state index contributed by atoms with van der Waals surface area (Å²) < 4.78 is 0. The van der Waals surface area contributed by atoms with Crippen molar-refractivity contribution in [3.05, 3.63) is 94.4 Å². The fourth-order valence-corrected chi connectivity index (χ4v) is 2.72. The normalized spacial score (nSPS) is 11.9. The molecule has 0 aliphatic carbocycles. The van der Waals surface area contributed by atoms with Gasteiger partial charge in [0.1, 0.15) is 5.69 Å². The molecule has 0 bridgehead atoms. The van der Waals surface area contributed by atoms with Crippen molar-refractivity contribution in [1.29, 1.82) is 0 Å². The number of aromatic nitrogens is 1. The molecule has 2 aromatic carbocycles. The first-order valence-corrected chi connectivity index (χ1v) is 8.87. The fourth-order valence-electron chi connectivity index (χ4n) is 2.24. The number of aliphatic hydroxyl groups is 1. The number of hydrogen-bond donors (Lipinski definition) is 2. The van der Waals surface area contributed by atoms with Crippen molar-refractivity contribution in [2.45, 2.75) is 0 Å². The number of aliphatic hydroxyl groups excluding tert-OH is 1. The molecular formula is C20H14Cl2N4O2. The number of anilines is 1. The van der Waals surface area contributed by atoms with Gasteiger partial charge in [-0.05, 0) is 24.3 Å². The lowest BCUT2D eigenvalue weighted by molar-refractivity contribution is -0.112. The topological polar surface area (TPSA) is 86.9 Å². The van der Waals surface area contributed by atoms with Gasteiger partial charge in [-0.1, -0.05) is 59.6 Å². The zero-order chi connectivity index (χ0) is 19.9. The van der Waals surface area contributed by atoms with Crippen LogP contribution < -0.4 is 5.32 Å². The van der Waals surface area contributed by atoms with Gasteiger partial charge in [0.05, 0.1) is 21.9 Å². The van der Waals surface area contributed by atoms with Crippen LogP contribution in [0.25, 0.3) is 5.76 Å². The Morgan fingerprint density at radius 1 is 0.964 bits per heavy atom. The van der Waals surface area contributed by atoms with Crippen LogP contribution in [0.4, 0.5) is 11.4 Å². The van der Waals surface area contributed by atoms with Crippen molar-refractivity contribution in [2.24, 2.45) is 10.2 Å². The number of pyridine rings is 1. The number of carbonyl (C=O) groups excluding carboxylic acids is 1. The van der Waals surface area contributed by atoms with Gasteiger partial charge in [-0.2, -0.15) is 0 Å². The molecule has 0 fully saturated rings. The molecule has 0 saturated heterocycles. The molecule has 140 valence electrons. The molecule has 0 spiro atoms. The van der Waals surface area contributed by atoms with Gasteiger partial charge in [-0.15, -0.1) is 10.2 Å². The average molecular weight is 413 g/mol. The fraction of sp³-hybridized carbons (Fsp3) is 0. The summed E-state index contributed by atoms with van der Waals surface area (Å²) in [5, 5.41) is 21.7. The molecule has 28 heavy (non-hydrogen) atoms. The number of amides is 1. The quantitative estimate of drug-likeness (QED) is 0.304. The Balaban J connectivity index is 2.02. The molecule has 1 heterocycles. The first kappa shape index (κ1) is 19.5. The molecule has 0 aliphatic rings. The lowest BCUT2D eigenvalue weighted by Gasteiger charge is -2.08. The van der Waals surface area contributed by atoms with E-state index in [1.165, 1.54) is 6.20 Å². The maximum Gasteiger partial charge on any atom is 0.280 e. The highest BCUT2D eigenvalue weighted by atomic mass is 35.5. The minimum absolute atomic E-state index is 0.193. The number of halogens is 2. The predicted molar refractivity (Wildman–Crippen MR) is 110 cm³/mol. The minimum atomic E-state index is -0.665. The van der Waals surface area contributed by atoms with Crippen LogP contribution in [0.1, 0.15) is 5.56 Å². The summed E-state index contributed by atoms with van der Waals surface area (Å²) >= 11 is 12.2. The summed E-state index contributed by atoms with van der Waals surface area (Å²) in [5.74, 6) is -1.00. The molecular weight excluding hydrogens is 399 g/mol. The van der Waals surface area contributed by atoms with Crippen LogP contribution in [0, 0.1) is 0 Å². The zero-order valence-corrected chi connectivity index (χ0v) is 15.9. The summed E-state index contributed by atoms with van der Waals surface area (Å²) in [5.41, 5.74) is 0.740. The molecule has 6 nitrogen and oxygen atoms in total. The van der Waals surface area contributed by atoms with E-state index in [0.717, 1.165) is 0 Å². The van der Waals surface area contributed by atoms with E-state index in [2.05, 4.69) is 20.5 Å². The van der Waals surface area contributed by atoms with Gasteiger partial charge >= 0.3 is 0 Å². The van der Waals surface area contributed by atoms with E-state index in [-0.39, 0.29) is 27.2 Å². The molecule has 3 rings (SSSR count). The largest absolute Gasteiger partial charge is 0.505 e. The molecule has 3 aromatic rings. The van der Waals surface area contributed by atoms with Crippen LogP contribution in [-0.4, -0.2) is 16.0 Å². The first-order chi connectivity index (χ1) is 13.6. The first-order valence-electron chi connectivity index (χ1n) is 8.12. The van der Waals surface area contributed by atoms with Crippen LogP contribution in [0.2, 0.25) is 10.0 Å². The second-order valence-corrected chi connectivity index (χ2v) is 6.34. The third-order valence-electron chi connectivity index (χ3n) is 3.59. The van der Waals surface area contributed by atoms with Crippen molar-refractivity contribution in [2.75, 3.05) is 5.32 Å². The minimum Gasteiger partial charge on any atom is -0.505 e. The highest BCUT2D eigenvalue weighted by Crippen LogP contribution is 2.33. The van der Waals surface area contributed by atoms with Gasteiger partial charge in [0.2, 0.25) is 0 Å². The highest BCUT2D eigenvalue weighted by Gasteiger charge is 2.18. The number of hydrogen-bond acceptors (Lipinski definition) is 5. The molecule has 1 aromatic heterocycles. The molecule has 8 heteroatoms. The summed E-state index contributed by atoms with van der Waals surface area (Å²) in [6, 6.07) is 16.7. The highest BCUT2D eigenvalue weighted by molar-refractivity contribution is 6.38. The number of nitrogens with one attached hydrogen (secondary N) is 1. The Bertz CT molecular complexity index is 1020. The maximum absolute atomic E-state index is 12.7. The monoisotopic (exact) mass is 412 g/mol. The number of nitrogens with zero attached hydrogens (tertiary/aromatic N) is 3. The number of benzene rings is 2. The van der Waals surface area contributed by atoms with E-state index in [0.29, 0.717) is 11.3 Å². The van der Waals surface area contributed by atoms with E-state index in [1.807, 2.05) is 0 Å². The lowest BCUT2D eigenvalue weighted by Crippen LogP contribution is -2.15. The van der Waals surface area contributed by atoms with E-state index in [1.54, 1.807) is 66.9 Å². The van der Waals surface area contributed by atoms with Crippen molar-refractivity contribution in [3.63, 3.8) is 0 Å². The van der Waals surface area contributed by atoms with Crippen LogP contribution in [0.3, 0.4) is 0 Å². The van der Waals surface area contributed by atoms with Gasteiger partial charge in [0.15, 0.2) is 11.5 Å². The van der Waals surface area contributed by atoms with Crippen LogP contribution in [0.15, 0.2) is 89.0 Å². The molecule has 0 atom stereocenters. The Morgan fingerprint density at radius 2 is 1.68 bits per heavy atom.